The van der Waals surface area contributed by atoms with Gasteiger partial charge in [0.05, 0.1) is 0 Å². The molecule has 0 fully saturated rings. The molecule has 0 radical (unpaired) electrons. The van der Waals surface area contributed by atoms with Crippen molar-refractivity contribution in [2.75, 3.05) is 19.7 Å². The quantitative estimate of drug-likeness (QED) is 0.364. The van der Waals surface area contributed by atoms with E-state index in [4.69, 9.17) is 17.0 Å². The highest BCUT2D eigenvalue weighted by Gasteiger charge is 2.28. The summed E-state index contributed by atoms with van der Waals surface area (Å²) in [4.78, 5) is 24.2. The van der Waals surface area contributed by atoms with Crippen LogP contribution in [0.2, 0.25) is 0 Å². The third kappa shape index (κ3) is 5.56. The van der Waals surface area contributed by atoms with Gasteiger partial charge in [0.15, 0.2) is 5.11 Å². The molecule has 0 bridgehead atoms. The third-order valence-corrected chi connectivity index (χ3v) is 5.76. The molecule has 0 saturated carbocycles. The molecule has 7 heteroatoms. The molecule has 4 rings (SSSR count). The van der Waals surface area contributed by atoms with Crippen molar-refractivity contribution in [1.29, 1.82) is 0 Å². The summed E-state index contributed by atoms with van der Waals surface area (Å²) in [5.41, 5.74) is 5.30. The summed E-state index contributed by atoms with van der Waals surface area (Å²) < 4.78 is 5.52. The Kier molecular flexibility index (Phi) is 7.32. The standard InChI is InChI=1S/C26H25N3O3S/c30-24(18-9-2-1-3-10-18)29-25(33)27-15-8-16-28-26(31)32-17-23-21-13-6-4-11-19(21)20-12-5-7-14-22(20)23/h1-7,9-14,23H,8,15-17H2,(H,28,31)(H2,27,29,30,33). The molecule has 33 heavy (non-hydrogen) atoms. The van der Waals surface area contributed by atoms with E-state index in [-0.39, 0.29) is 23.5 Å². The first-order valence-corrected chi connectivity index (χ1v) is 11.3. The fourth-order valence-electron chi connectivity index (χ4n) is 3.94. The highest BCUT2D eigenvalue weighted by Crippen LogP contribution is 2.44. The monoisotopic (exact) mass is 459 g/mol. The van der Waals surface area contributed by atoms with Crippen LogP contribution in [0.1, 0.15) is 33.8 Å². The summed E-state index contributed by atoms with van der Waals surface area (Å²) >= 11 is 5.14. The number of thiocarbonyl (C=S) groups is 1. The van der Waals surface area contributed by atoms with E-state index < -0.39 is 6.09 Å². The van der Waals surface area contributed by atoms with Crippen LogP contribution in [0.4, 0.5) is 4.79 Å². The van der Waals surface area contributed by atoms with Gasteiger partial charge in [-0.2, -0.15) is 0 Å². The van der Waals surface area contributed by atoms with E-state index in [1.54, 1.807) is 24.3 Å². The van der Waals surface area contributed by atoms with Gasteiger partial charge in [0, 0.05) is 24.6 Å². The topological polar surface area (TPSA) is 79.5 Å². The van der Waals surface area contributed by atoms with Crippen molar-refractivity contribution < 1.29 is 14.3 Å². The Morgan fingerprint density at radius 3 is 2.03 bits per heavy atom. The van der Waals surface area contributed by atoms with Crippen molar-refractivity contribution in [1.82, 2.24) is 16.0 Å². The molecule has 0 heterocycles. The highest BCUT2D eigenvalue weighted by atomic mass is 32.1. The van der Waals surface area contributed by atoms with Crippen LogP contribution in [0.3, 0.4) is 0 Å². The van der Waals surface area contributed by atoms with Crippen molar-refractivity contribution in [2.45, 2.75) is 12.3 Å². The zero-order valence-corrected chi connectivity index (χ0v) is 18.9. The van der Waals surface area contributed by atoms with E-state index >= 15 is 0 Å². The summed E-state index contributed by atoms with van der Waals surface area (Å²) in [6.07, 6.45) is 0.183. The second kappa shape index (κ2) is 10.7. The summed E-state index contributed by atoms with van der Waals surface area (Å²) in [5.74, 6) is -0.222. The molecule has 6 nitrogen and oxygen atoms in total. The number of ether oxygens (including phenoxy) is 1. The van der Waals surface area contributed by atoms with Crippen LogP contribution >= 0.6 is 12.2 Å². The third-order valence-electron chi connectivity index (χ3n) is 5.52. The summed E-state index contributed by atoms with van der Waals surface area (Å²) in [6, 6.07) is 25.3. The molecule has 0 atom stereocenters. The van der Waals surface area contributed by atoms with E-state index in [0.717, 1.165) is 0 Å². The van der Waals surface area contributed by atoms with E-state index in [9.17, 15) is 9.59 Å². The molecule has 0 saturated heterocycles. The van der Waals surface area contributed by atoms with Crippen LogP contribution in [-0.2, 0) is 4.74 Å². The number of amides is 2. The van der Waals surface area contributed by atoms with Gasteiger partial charge in [-0.3, -0.25) is 10.1 Å². The number of hydrogen-bond acceptors (Lipinski definition) is 4. The molecule has 168 valence electrons. The number of fused-ring (bicyclic) bond motifs is 3. The lowest BCUT2D eigenvalue weighted by atomic mass is 9.98. The smallest absolute Gasteiger partial charge is 0.407 e. The highest BCUT2D eigenvalue weighted by molar-refractivity contribution is 7.80. The maximum Gasteiger partial charge on any atom is 0.407 e. The summed E-state index contributed by atoms with van der Waals surface area (Å²) in [7, 11) is 0. The second-order valence-electron chi connectivity index (χ2n) is 7.68. The lowest BCUT2D eigenvalue weighted by Gasteiger charge is -2.14. The summed E-state index contributed by atoms with van der Waals surface area (Å²) in [6.45, 7) is 1.23. The lowest BCUT2D eigenvalue weighted by molar-refractivity contribution is 0.0976. The first-order valence-electron chi connectivity index (χ1n) is 10.9. The van der Waals surface area contributed by atoms with Crippen molar-refractivity contribution in [3.8, 4) is 11.1 Å². The number of carbonyl (C=O) groups excluding carboxylic acids is 2. The Balaban J connectivity index is 1.16. The Morgan fingerprint density at radius 2 is 1.36 bits per heavy atom. The van der Waals surface area contributed by atoms with E-state index in [1.165, 1.54) is 22.3 Å². The van der Waals surface area contributed by atoms with Crippen molar-refractivity contribution in [3.63, 3.8) is 0 Å². The average Bonchev–Trinajstić information content (AvgIpc) is 3.17. The minimum absolute atomic E-state index is 0.0374. The normalized spacial score (nSPS) is 11.8. The Morgan fingerprint density at radius 1 is 0.788 bits per heavy atom. The molecule has 0 aliphatic heterocycles. The molecular weight excluding hydrogens is 434 g/mol. The van der Waals surface area contributed by atoms with Gasteiger partial charge in [0.1, 0.15) is 6.61 Å². The molecule has 3 N–H and O–H groups in total. The van der Waals surface area contributed by atoms with Crippen LogP contribution in [0.15, 0.2) is 78.9 Å². The number of benzene rings is 3. The van der Waals surface area contributed by atoms with Crippen LogP contribution < -0.4 is 16.0 Å². The predicted molar refractivity (Wildman–Crippen MR) is 132 cm³/mol. The van der Waals surface area contributed by atoms with Gasteiger partial charge in [-0.15, -0.1) is 0 Å². The number of nitrogens with one attached hydrogen (secondary N) is 3. The zero-order chi connectivity index (χ0) is 23.0. The fraction of sp³-hybridized carbons (Fsp3) is 0.192. The molecule has 3 aromatic rings. The van der Waals surface area contributed by atoms with Gasteiger partial charge < -0.3 is 15.4 Å². The van der Waals surface area contributed by atoms with E-state index in [2.05, 4.69) is 40.2 Å². The molecule has 0 unspecified atom stereocenters. The number of alkyl carbamates (subject to hydrolysis) is 1. The van der Waals surface area contributed by atoms with Gasteiger partial charge in [-0.25, -0.2) is 4.79 Å². The van der Waals surface area contributed by atoms with E-state index in [1.807, 2.05) is 30.3 Å². The van der Waals surface area contributed by atoms with Crippen molar-refractivity contribution in [3.05, 3.63) is 95.6 Å². The number of carbonyl (C=O) groups is 2. The minimum Gasteiger partial charge on any atom is -0.449 e. The SMILES string of the molecule is O=C(NCCCNC(=S)NC(=O)c1ccccc1)OCC1c2ccccc2-c2ccccc21. The second-order valence-corrected chi connectivity index (χ2v) is 8.09. The maximum atomic E-state index is 12.2. The van der Waals surface area contributed by atoms with Crippen LogP contribution in [0, 0.1) is 0 Å². The molecule has 1 aliphatic rings. The van der Waals surface area contributed by atoms with Crippen LogP contribution in [0.25, 0.3) is 11.1 Å². The zero-order valence-electron chi connectivity index (χ0n) is 18.0. The molecule has 0 aromatic heterocycles. The lowest BCUT2D eigenvalue weighted by Crippen LogP contribution is -2.40. The Labute approximate surface area is 198 Å². The average molecular weight is 460 g/mol. The Bertz CT molecular complexity index is 1100. The van der Waals surface area contributed by atoms with Gasteiger partial charge in [-0.1, -0.05) is 66.7 Å². The molecule has 0 spiro atoms. The molecule has 2 amide bonds. The molecule has 3 aromatic carbocycles. The predicted octanol–water partition coefficient (Wildman–Crippen LogP) is 4.22. The molecular formula is C26H25N3O3S. The van der Waals surface area contributed by atoms with Gasteiger partial charge >= 0.3 is 6.09 Å². The van der Waals surface area contributed by atoms with Gasteiger partial charge in [0.2, 0.25) is 0 Å². The minimum atomic E-state index is -0.447. The maximum absolute atomic E-state index is 12.2. The number of rotatable bonds is 7. The Hall–Kier alpha value is -3.71. The number of hydrogen-bond donors (Lipinski definition) is 3. The van der Waals surface area contributed by atoms with Gasteiger partial charge in [0.25, 0.3) is 5.91 Å². The van der Waals surface area contributed by atoms with Crippen molar-refractivity contribution in [2.24, 2.45) is 0 Å². The van der Waals surface area contributed by atoms with Gasteiger partial charge in [-0.05, 0) is 53.0 Å². The summed E-state index contributed by atoms with van der Waals surface area (Å²) in [5, 5.41) is 8.61. The largest absolute Gasteiger partial charge is 0.449 e. The van der Waals surface area contributed by atoms with Crippen LogP contribution in [-0.4, -0.2) is 36.8 Å². The van der Waals surface area contributed by atoms with Crippen LogP contribution in [0.5, 0.6) is 0 Å². The first kappa shape index (κ1) is 22.5. The van der Waals surface area contributed by atoms with Crippen molar-refractivity contribution >= 4 is 29.3 Å². The fourth-order valence-corrected chi connectivity index (χ4v) is 4.13. The molecule has 1 aliphatic carbocycles. The van der Waals surface area contributed by atoms with E-state index in [0.29, 0.717) is 25.1 Å². The first-order chi connectivity index (χ1) is 16.1.